The maximum atomic E-state index is 13.5. The largest absolute Gasteiger partial charge is 0.493 e. The van der Waals surface area contributed by atoms with E-state index in [0.717, 1.165) is 19.3 Å². The number of aliphatic hydroxyl groups is 1. The molecule has 0 fully saturated rings. The van der Waals surface area contributed by atoms with Crippen LogP contribution in [-0.4, -0.2) is 18.3 Å². The molecule has 1 unspecified atom stereocenters. The zero-order valence-corrected chi connectivity index (χ0v) is 10.2. The molecule has 0 saturated carbocycles. The first-order valence-electron chi connectivity index (χ1n) is 5.94. The van der Waals surface area contributed by atoms with E-state index in [1.54, 1.807) is 19.1 Å². The fourth-order valence-corrected chi connectivity index (χ4v) is 1.66. The van der Waals surface area contributed by atoms with Gasteiger partial charge in [-0.3, -0.25) is 0 Å². The second kappa shape index (κ2) is 7.25. The van der Waals surface area contributed by atoms with Crippen molar-refractivity contribution in [3.8, 4) is 5.75 Å². The Morgan fingerprint density at radius 1 is 1.35 bits per heavy atom. The van der Waals surface area contributed by atoms with Crippen LogP contribution in [0.15, 0.2) is 18.2 Å². The molecule has 4 heteroatoms. The third kappa shape index (κ3) is 4.32. The Balaban J connectivity index is 2.55. The Morgan fingerprint density at radius 3 is 2.76 bits per heavy atom. The van der Waals surface area contributed by atoms with Crippen LogP contribution in [-0.2, 0) is 0 Å². The van der Waals surface area contributed by atoms with Crippen molar-refractivity contribution in [1.82, 2.24) is 0 Å². The molecular formula is C13H20FNO2. The van der Waals surface area contributed by atoms with Crippen molar-refractivity contribution in [2.75, 3.05) is 13.2 Å². The SMILES string of the molecule is CC(N)c1c(F)cccc1OCCCCCO. The van der Waals surface area contributed by atoms with Crippen molar-refractivity contribution in [2.45, 2.75) is 32.2 Å². The first-order valence-corrected chi connectivity index (χ1v) is 5.94. The lowest BCUT2D eigenvalue weighted by molar-refractivity contribution is 0.264. The standard InChI is InChI=1S/C13H20FNO2/c1-10(15)13-11(14)6-5-7-12(13)17-9-4-2-3-8-16/h5-7,10,16H,2-4,8-9,15H2,1H3. The number of benzene rings is 1. The predicted octanol–water partition coefficient (Wildman–Crippen LogP) is 2.39. The monoisotopic (exact) mass is 241 g/mol. The fourth-order valence-electron chi connectivity index (χ4n) is 1.66. The van der Waals surface area contributed by atoms with E-state index < -0.39 is 0 Å². The lowest BCUT2D eigenvalue weighted by atomic mass is 10.1. The molecule has 0 aromatic heterocycles. The number of halogens is 1. The van der Waals surface area contributed by atoms with Crippen LogP contribution >= 0.6 is 0 Å². The van der Waals surface area contributed by atoms with Gasteiger partial charge in [0.15, 0.2) is 0 Å². The highest BCUT2D eigenvalue weighted by molar-refractivity contribution is 5.36. The van der Waals surface area contributed by atoms with Crippen molar-refractivity contribution < 1.29 is 14.2 Å². The Bertz CT molecular complexity index is 342. The molecule has 17 heavy (non-hydrogen) atoms. The minimum atomic E-state index is -0.386. The molecule has 0 saturated heterocycles. The summed E-state index contributed by atoms with van der Waals surface area (Å²) in [7, 11) is 0. The maximum Gasteiger partial charge on any atom is 0.131 e. The summed E-state index contributed by atoms with van der Waals surface area (Å²) in [6.45, 7) is 2.45. The molecule has 0 radical (unpaired) electrons. The van der Waals surface area contributed by atoms with E-state index >= 15 is 0 Å². The number of rotatable bonds is 7. The summed E-state index contributed by atoms with van der Waals surface area (Å²) in [5.74, 6) is 0.192. The second-order valence-corrected chi connectivity index (χ2v) is 4.07. The topological polar surface area (TPSA) is 55.5 Å². The average Bonchev–Trinajstić information content (AvgIpc) is 2.28. The molecule has 0 amide bonds. The van der Waals surface area contributed by atoms with Crippen LogP contribution in [0.4, 0.5) is 4.39 Å². The Kier molecular flexibility index (Phi) is 5.94. The second-order valence-electron chi connectivity index (χ2n) is 4.07. The molecule has 0 heterocycles. The van der Waals surface area contributed by atoms with Gasteiger partial charge >= 0.3 is 0 Å². The number of hydrogen-bond acceptors (Lipinski definition) is 3. The number of aliphatic hydroxyl groups excluding tert-OH is 1. The molecule has 0 aliphatic rings. The molecule has 1 atom stereocenters. The van der Waals surface area contributed by atoms with E-state index in [2.05, 4.69) is 0 Å². The minimum Gasteiger partial charge on any atom is -0.493 e. The first-order chi connectivity index (χ1) is 8.16. The van der Waals surface area contributed by atoms with Crippen LogP contribution in [0.3, 0.4) is 0 Å². The van der Waals surface area contributed by atoms with Crippen LogP contribution in [0.25, 0.3) is 0 Å². The van der Waals surface area contributed by atoms with E-state index in [4.69, 9.17) is 15.6 Å². The maximum absolute atomic E-state index is 13.5. The van der Waals surface area contributed by atoms with Gasteiger partial charge in [0.05, 0.1) is 6.61 Å². The third-order valence-electron chi connectivity index (χ3n) is 2.53. The van der Waals surface area contributed by atoms with Crippen LogP contribution in [0, 0.1) is 5.82 Å². The van der Waals surface area contributed by atoms with Gasteiger partial charge < -0.3 is 15.6 Å². The van der Waals surface area contributed by atoms with Crippen LogP contribution in [0.1, 0.15) is 37.8 Å². The number of hydrogen-bond donors (Lipinski definition) is 2. The molecule has 0 bridgehead atoms. The predicted molar refractivity (Wildman–Crippen MR) is 65.4 cm³/mol. The highest BCUT2D eigenvalue weighted by Gasteiger charge is 2.13. The molecule has 96 valence electrons. The van der Waals surface area contributed by atoms with Gasteiger partial charge in [0.2, 0.25) is 0 Å². The molecule has 0 aliphatic heterocycles. The molecule has 0 aliphatic carbocycles. The zero-order chi connectivity index (χ0) is 12.7. The molecule has 0 spiro atoms. The van der Waals surface area contributed by atoms with Crippen LogP contribution in [0.2, 0.25) is 0 Å². The van der Waals surface area contributed by atoms with Gasteiger partial charge in [-0.15, -0.1) is 0 Å². The van der Waals surface area contributed by atoms with Crippen LogP contribution in [0.5, 0.6) is 5.75 Å². The third-order valence-corrected chi connectivity index (χ3v) is 2.53. The summed E-state index contributed by atoms with van der Waals surface area (Å²) in [6, 6.07) is 4.35. The van der Waals surface area contributed by atoms with Gasteiger partial charge in [-0.05, 0) is 38.3 Å². The number of unbranched alkanes of at least 4 members (excludes halogenated alkanes) is 2. The van der Waals surface area contributed by atoms with Gasteiger partial charge in [-0.1, -0.05) is 6.07 Å². The van der Waals surface area contributed by atoms with Crippen molar-refractivity contribution >= 4 is 0 Å². The average molecular weight is 241 g/mol. The Morgan fingerprint density at radius 2 is 2.12 bits per heavy atom. The van der Waals surface area contributed by atoms with E-state index in [1.807, 2.05) is 0 Å². The van der Waals surface area contributed by atoms with Crippen molar-refractivity contribution in [2.24, 2.45) is 5.73 Å². The zero-order valence-electron chi connectivity index (χ0n) is 10.2. The Labute approximate surface area is 101 Å². The highest BCUT2D eigenvalue weighted by Crippen LogP contribution is 2.26. The first kappa shape index (κ1) is 13.9. The van der Waals surface area contributed by atoms with Gasteiger partial charge in [0.25, 0.3) is 0 Å². The van der Waals surface area contributed by atoms with Gasteiger partial charge in [-0.25, -0.2) is 4.39 Å². The van der Waals surface area contributed by atoms with Gasteiger partial charge in [0, 0.05) is 18.2 Å². The summed E-state index contributed by atoms with van der Waals surface area (Å²) in [5, 5.41) is 8.63. The summed E-state index contributed by atoms with van der Waals surface area (Å²) in [4.78, 5) is 0. The summed E-state index contributed by atoms with van der Waals surface area (Å²) in [5.41, 5.74) is 6.14. The minimum absolute atomic E-state index is 0.199. The van der Waals surface area contributed by atoms with E-state index in [0.29, 0.717) is 17.9 Å². The number of ether oxygens (including phenoxy) is 1. The molecule has 1 aromatic carbocycles. The molecule has 1 aromatic rings. The molecular weight excluding hydrogens is 221 g/mol. The quantitative estimate of drug-likeness (QED) is 0.721. The van der Waals surface area contributed by atoms with E-state index in [9.17, 15) is 4.39 Å². The fraction of sp³-hybridized carbons (Fsp3) is 0.538. The van der Waals surface area contributed by atoms with E-state index in [-0.39, 0.29) is 18.5 Å². The molecule has 3 N–H and O–H groups in total. The smallest absolute Gasteiger partial charge is 0.131 e. The Hall–Kier alpha value is -1.13. The summed E-state index contributed by atoms with van der Waals surface area (Å²) in [6.07, 6.45) is 2.52. The lowest BCUT2D eigenvalue weighted by Crippen LogP contribution is -2.11. The van der Waals surface area contributed by atoms with Crippen molar-refractivity contribution in [3.63, 3.8) is 0 Å². The van der Waals surface area contributed by atoms with Crippen LogP contribution < -0.4 is 10.5 Å². The summed E-state index contributed by atoms with van der Waals surface area (Å²) >= 11 is 0. The highest BCUT2D eigenvalue weighted by atomic mass is 19.1. The molecule has 3 nitrogen and oxygen atoms in total. The van der Waals surface area contributed by atoms with E-state index in [1.165, 1.54) is 6.07 Å². The molecule has 1 rings (SSSR count). The number of nitrogens with two attached hydrogens (primary N) is 1. The summed E-state index contributed by atoms with van der Waals surface area (Å²) < 4.78 is 19.1. The lowest BCUT2D eigenvalue weighted by Gasteiger charge is -2.14. The van der Waals surface area contributed by atoms with Gasteiger partial charge in [0.1, 0.15) is 11.6 Å². The van der Waals surface area contributed by atoms with Crippen molar-refractivity contribution in [1.29, 1.82) is 0 Å². The van der Waals surface area contributed by atoms with Crippen molar-refractivity contribution in [3.05, 3.63) is 29.6 Å². The normalized spacial score (nSPS) is 12.5. The van der Waals surface area contributed by atoms with Gasteiger partial charge in [-0.2, -0.15) is 0 Å².